The van der Waals surface area contributed by atoms with Crippen LogP contribution in [0.3, 0.4) is 0 Å². The van der Waals surface area contributed by atoms with E-state index in [9.17, 15) is 0 Å². The first-order valence-corrected chi connectivity index (χ1v) is 7.19. The highest BCUT2D eigenvalue weighted by atomic mass is 15.1. The summed E-state index contributed by atoms with van der Waals surface area (Å²) < 4.78 is 0. The summed E-state index contributed by atoms with van der Waals surface area (Å²) in [6, 6.07) is 2.94. The molecular formula is C14H27N3. The highest BCUT2D eigenvalue weighted by Crippen LogP contribution is 2.09. The van der Waals surface area contributed by atoms with Gasteiger partial charge in [0.15, 0.2) is 0 Å². The van der Waals surface area contributed by atoms with Crippen LogP contribution in [-0.2, 0) is 0 Å². The van der Waals surface area contributed by atoms with Crippen LogP contribution in [0.15, 0.2) is 0 Å². The number of rotatable bonds is 9. The highest BCUT2D eigenvalue weighted by Gasteiger charge is 2.17. The molecule has 0 amide bonds. The molecule has 1 aliphatic rings. The first-order valence-electron chi connectivity index (χ1n) is 7.19. The minimum Gasteiger partial charge on any atom is -0.313 e. The lowest BCUT2D eigenvalue weighted by molar-refractivity contribution is 0.241. The molecule has 0 aliphatic carbocycles. The number of nitriles is 1. The Morgan fingerprint density at radius 1 is 1.29 bits per heavy atom. The Labute approximate surface area is 106 Å². The maximum Gasteiger partial charge on any atom is 0.0621 e. The fourth-order valence-corrected chi connectivity index (χ4v) is 2.44. The second-order valence-electron chi connectivity index (χ2n) is 5.06. The molecule has 3 heteroatoms. The number of nitrogens with one attached hydrogen (secondary N) is 1. The van der Waals surface area contributed by atoms with Crippen molar-refractivity contribution in [2.24, 2.45) is 0 Å². The van der Waals surface area contributed by atoms with E-state index in [2.05, 4.69) is 23.2 Å². The van der Waals surface area contributed by atoms with Crippen molar-refractivity contribution in [2.75, 3.05) is 26.2 Å². The Morgan fingerprint density at radius 2 is 2.12 bits per heavy atom. The van der Waals surface area contributed by atoms with E-state index >= 15 is 0 Å². The molecule has 1 rings (SSSR count). The molecule has 0 aromatic carbocycles. The molecule has 1 atom stereocenters. The topological polar surface area (TPSA) is 39.1 Å². The third-order valence-electron chi connectivity index (χ3n) is 3.48. The molecule has 0 radical (unpaired) electrons. The number of nitrogens with zero attached hydrogens (tertiary/aromatic N) is 2. The summed E-state index contributed by atoms with van der Waals surface area (Å²) in [5.74, 6) is 0. The molecule has 0 aromatic rings. The van der Waals surface area contributed by atoms with Gasteiger partial charge in [-0.05, 0) is 51.7 Å². The lowest BCUT2D eigenvalue weighted by atomic mass is 10.2. The van der Waals surface area contributed by atoms with Crippen LogP contribution >= 0.6 is 0 Å². The van der Waals surface area contributed by atoms with Crippen LogP contribution in [0.2, 0.25) is 0 Å². The van der Waals surface area contributed by atoms with Crippen molar-refractivity contribution < 1.29 is 0 Å². The highest BCUT2D eigenvalue weighted by molar-refractivity contribution is 4.78. The first kappa shape index (κ1) is 14.5. The number of hydrogen-bond donors (Lipinski definition) is 1. The molecule has 0 aromatic heterocycles. The largest absolute Gasteiger partial charge is 0.313 e. The minimum absolute atomic E-state index is 0.711. The van der Waals surface area contributed by atoms with E-state index in [-0.39, 0.29) is 0 Å². The molecule has 0 saturated carbocycles. The van der Waals surface area contributed by atoms with Crippen molar-refractivity contribution in [1.29, 1.82) is 5.26 Å². The Hall–Kier alpha value is -0.590. The van der Waals surface area contributed by atoms with Crippen LogP contribution in [0.4, 0.5) is 0 Å². The average Bonchev–Trinajstić information content (AvgIpc) is 2.84. The van der Waals surface area contributed by atoms with E-state index in [0.29, 0.717) is 12.5 Å². The van der Waals surface area contributed by atoms with E-state index in [4.69, 9.17) is 5.26 Å². The van der Waals surface area contributed by atoms with Crippen LogP contribution in [0.5, 0.6) is 0 Å². The summed E-state index contributed by atoms with van der Waals surface area (Å²) in [5.41, 5.74) is 0. The van der Waals surface area contributed by atoms with Gasteiger partial charge in [-0.25, -0.2) is 0 Å². The number of unbranched alkanes of at least 4 members (excludes halogenated alkanes) is 3. The van der Waals surface area contributed by atoms with E-state index in [0.717, 1.165) is 6.42 Å². The van der Waals surface area contributed by atoms with Crippen molar-refractivity contribution in [3.05, 3.63) is 0 Å². The zero-order valence-corrected chi connectivity index (χ0v) is 11.2. The zero-order valence-electron chi connectivity index (χ0n) is 11.2. The normalized spacial score (nSPS) is 19.7. The molecule has 3 nitrogen and oxygen atoms in total. The minimum atomic E-state index is 0.711. The van der Waals surface area contributed by atoms with Gasteiger partial charge in [0.1, 0.15) is 0 Å². The molecule has 1 aliphatic heterocycles. The zero-order chi connectivity index (χ0) is 12.3. The lowest BCUT2D eigenvalue weighted by Crippen LogP contribution is -2.38. The van der Waals surface area contributed by atoms with Crippen LogP contribution < -0.4 is 5.32 Å². The third kappa shape index (κ3) is 6.65. The maximum atomic E-state index is 8.53. The van der Waals surface area contributed by atoms with Crippen molar-refractivity contribution >= 4 is 0 Å². The van der Waals surface area contributed by atoms with Gasteiger partial charge in [0.2, 0.25) is 0 Å². The summed E-state index contributed by atoms with van der Waals surface area (Å²) in [6.07, 6.45) is 8.17. The second-order valence-corrected chi connectivity index (χ2v) is 5.06. The van der Waals surface area contributed by atoms with Crippen molar-refractivity contribution in [2.45, 2.75) is 57.9 Å². The van der Waals surface area contributed by atoms with Crippen LogP contribution in [-0.4, -0.2) is 37.1 Å². The predicted molar refractivity (Wildman–Crippen MR) is 71.8 cm³/mol. The van der Waals surface area contributed by atoms with E-state index in [1.54, 1.807) is 0 Å². The second kappa shape index (κ2) is 9.44. The molecule has 0 spiro atoms. The molecule has 0 bridgehead atoms. The lowest BCUT2D eigenvalue weighted by Gasteiger charge is -2.25. The van der Waals surface area contributed by atoms with Gasteiger partial charge in [0.25, 0.3) is 0 Å². The molecule has 1 heterocycles. The SMILES string of the molecule is CCCCN(CCCCC#N)CC1CCCN1. The van der Waals surface area contributed by atoms with E-state index < -0.39 is 0 Å². The van der Waals surface area contributed by atoms with Crippen molar-refractivity contribution in [3.63, 3.8) is 0 Å². The van der Waals surface area contributed by atoms with Gasteiger partial charge in [-0.3, -0.25) is 0 Å². The Balaban J connectivity index is 2.18. The molecule has 17 heavy (non-hydrogen) atoms. The Bertz CT molecular complexity index is 216. The monoisotopic (exact) mass is 237 g/mol. The van der Waals surface area contributed by atoms with Gasteiger partial charge in [-0.2, -0.15) is 5.26 Å². The van der Waals surface area contributed by atoms with Crippen LogP contribution in [0.1, 0.15) is 51.9 Å². The van der Waals surface area contributed by atoms with Gasteiger partial charge in [0.05, 0.1) is 6.07 Å². The Kier molecular flexibility index (Phi) is 8.04. The molecule has 1 N–H and O–H groups in total. The summed E-state index contributed by atoms with van der Waals surface area (Å²) in [7, 11) is 0. The standard InChI is InChI=1S/C14H27N3/c1-2-3-11-17(12-6-4-5-9-15)13-14-8-7-10-16-14/h14,16H,2-8,10-13H2,1H3. The fraction of sp³-hybridized carbons (Fsp3) is 0.929. The van der Waals surface area contributed by atoms with Crippen molar-refractivity contribution in [1.82, 2.24) is 10.2 Å². The van der Waals surface area contributed by atoms with Crippen LogP contribution in [0.25, 0.3) is 0 Å². The van der Waals surface area contributed by atoms with Crippen LogP contribution in [0, 0.1) is 11.3 Å². The first-order chi connectivity index (χ1) is 8.36. The Morgan fingerprint density at radius 3 is 2.76 bits per heavy atom. The summed E-state index contributed by atoms with van der Waals surface area (Å²) >= 11 is 0. The molecule has 1 fully saturated rings. The fourth-order valence-electron chi connectivity index (χ4n) is 2.44. The summed E-state index contributed by atoms with van der Waals surface area (Å²) in [5, 5.41) is 12.1. The summed E-state index contributed by atoms with van der Waals surface area (Å²) in [4.78, 5) is 2.59. The van der Waals surface area contributed by atoms with Gasteiger partial charge >= 0.3 is 0 Å². The van der Waals surface area contributed by atoms with Gasteiger partial charge < -0.3 is 10.2 Å². The molecule has 98 valence electrons. The van der Waals surface area contributed by atoms with Gasteiger partial charge in [0, 0.05) is 19.0 Å². The average molecular weight is 237 g/mol. The van der Waals surface area contributed by atoms with Gasteiger partial charge in [-0.15, -0.1) is 0 Å². The third-order valence-corrected chi connectivity index (χ3v) is 3.48. The smallest absolute Gasteiger partial charge is 0.0621 e. The quantitative estimate of drug-likeness (QED) is 0.626. The van der Waals surface area contributed by atoms with Gasteiger partial charge in [-0.1, -0.05) is 13.3 Å². The molecule has 1 saturated heterocycles. The molecular weight excluding hydrogens is 210 g/mol. The maximum absolute atomic E-state index is 8.53. The summed E-state index contributed by atoms with van der Waals surface area (Å²) in [6.45, 7) is 7.04. The predicted octanol–water partition coefficient (Wildman–Crippen LogP) is 2.53. The van der Waals surface area contributed by atoms with Crippen molar-refractivity contribution in [3.8, 4) is 6.07 Å². The van der Waals surface area contributed by atoms with E-state index in [1.807, 2.05) is 0 Å². The number of hydrogen-bond acceptors (Lipinski definition) is 3. The molecule has 1 unspecified atom stereocenters. The van der Waals surface area contributed by atoms with E-state index in [1.165, 1.54) is 58.3 Å².